The van der Waals surface area contributed by atoms with Gasteiger partial charge < -0.3 is 10.1 Å². The van der Waals surface area contributed by atoms with Gasteiger partial charge in [0.15, 0.2) is 6.61 Å². The lowest BCUT2D eigenvalue weighted by molar-refractivity contribution is -0.385. The Balaban J connectivity index is 1.67. The normalized spacial score (nSPS) is 10.5. The molecule has 154 valence electrons. The SMILES string of the molecule is Cc1ccc(C(=O)OCC(=O)Nc2c(C)nn(-c3ccccc3)c2C)cc1[N+](=O)[O-]. The van der Waals surface area contributed by atoms with Crippen LogP contribution in [0.2, 0.25) is 0 Å². The molecule has 0 aliphatic carbocycles. The molecule has 0 spiro atoms. The molecule has 1 amide bonds. The number of amides is 1. The average molecular weight is 408 g/mol. The predicted octanol–water partition coefficient (Wildman–Crippen LogP) is 3.50. The molecule has 3 aromatic rings. The zero-order chi connectivity index (χ0) is 21.8. The number of nitro groups is 1. The lowest BCUT2D eigenvalue weighted by Crippen LogP contribution is -2.21. The second-order valence-corrected chi connectivity index (χ2v) is 6.68. The number of nitro benzene ring substituents is 1. The molecule has 0 atom stereocenters. The number of carbonyl (C=O) groups excluding carboxylic acids is 2. The summed E-state index contributed by atoms with van der Waals surface area (Å²) in [5.41, 5.74) is 2.98. The van der Waals surface area contributed by atoms with Crippen molar-refractivity contribution >= 4 is 23.3 Å². The van der Waals surface area contributed by atoms with E-state index < -0.39 is 23.4 Å². The van der Waals surface area contributed by atoms with E-state index in [1.54, 1.807) is 18.5 Å². The van der Waals surface area contributed by atoms with Crippen molar-refractivity contribution < 1.29 is 19.2 Å². The van der Waals surface area contributed by atoms with Crippen LogP contribution in [0.25, 0.3) is 5.69 Å². The molecular formula is C21H20N4O5. The van der Waals surface area contributed by atoms with Crippen molar-refractivity contribution in [2.75, 3.05) is 11.9 Å². The smallest absolute Gasteiger partial charge is 0.338 e. The van der Waals surface area contributed by atoms with Crippen molar-refractivity contribution in [2.24, 2.45) is 0 Å². The first-order chi connectivity index (χ1) is 14.3. The minimum Gasteiger partial charge on any atom is -0.452 e. The third kappa shape index (κ3) is 4.35. The Morgan fingerprint density at radius 2 is 1.83 bits per heavy atom. The van der Waals surface area contributed by atoms with Crippen LogP contribution in [0.4, 0.5) is 11.4 Å². The van der Waals surface area contributed by atoms with Crippen LogP contribution in [0, 0.1) is 30.9 Å². The number of aromatic nitrogens is 2. The summed E-state index contributed by atoms with van der Waals surface area (Å²) < 4.78 is 6.72. The van der Waals surface area contributed by atoms with Crippen LogP contribution in [0.15, 0.2) is 48.5 Å². The Hall–Kier alpha value is -4.01. The number of esters is 1. The summed E-state index contributed by atoms with van der Waals surface area (Å²) >= 11 is 0. The van der Waals surface area contributed by atoms with Crippen LogP contribution in [-0.4, -0.2) is 33.2 Å². The van der Waals surface area contributed by atoms with Crippen LogP contribution >= 0.6 is 0 Å². The van der Waals surface area contributed by atoms with Crippen molar-refractivity contribution in [3.8, 4) is 5.69 Å². The minimum absolute atomic E-state index is 0.00404. The Morgan fingerprint density at radius 3 is 2.50 bits per heavy atom. The van der Waals surface area contributed by atoms with Crippen molar-refractivity contribution in [3.63, 3.8) is 0 Å². The molecule has 2 aromatic carbocycles. The van der Waals surface area contributed by atoms with Gasteiger partial charge in [0.05, 0.1) is 33.2 Å². The highest BCUT2D eigenvalue weighted by molar-refractivity contribution is 5.96. The van der Waals surface area contributed by atoms with Crippen molar-refractivity contribution in [3.05, 3.63) is 81.2 Å². The summed E-state index contributed by atoms with van der Waals surface area (Å²) in [6.07, 6.45) is 0. The number of ether oxygens (including phenoxy) is 1. The molecular weight excluding hydrogens is 388 g/mol. The van der Waals surface area contributed by atoms with Crippen molar-refractivity contribution in [1.29, 1.82) is 0 Å². The predicted molar refractivity (Wildman–Crippen MR) is 110 cm³/mol. The summed E-state index contributed by atoms with van der Waals surface area (Å²) in [7, 11) is 0. The fourth-order valence-electron chi connectivity index (χ4n) is 2.97. The van der Waals surface area contributed by atoms with Gasteiger partial charge in [-0.3, -0.25) is 14.9 Å². The van der Waals surface area contributed by atoms with E-state index in [2.05, 4.69) is 10.4 Å². The molecule has 1 N–H and O–H groups in total. The van der Waals surface area contributed by atoms with E-state index in [9.17, 15) is 19.7 Å². The van der Waals surface area contributed by atoms with E-state index in [0.717, 1.165) is 17.4 Å². The molecule has 30 heavy (non-hydrogen) atoms. The van der Waals surface area contributed by atoms with Gasteiger partial charge in [-0.2, -0.15) is 5.10 Å². The summed E-state index contributed by atoms with van der Waals surface area (Å²) in [5.74, 6) is -1.36. The maximum absolute atomic E-state index is 12.3. The van der Waals surface area contributed by atoms with E-state index in [-0.39, 0.29) is 11.3 Å². The molecule has 3 rings (SSSR count). The molecule has 0 radical (unpaired) electrons. The van der Waals surface area contributed by atoms with Crippen molar-refractivity contribution in [1.82, 2.24) is 9.78 Å². The van der Waals surface area contributed by atoms with Gasteiger partial charge in [0, 0.05) is 11.6 Å². The topological polar surface area (TPSA) is 116 Å². The molecule has 0 aliphatic heterocycles. The van der Waals surface area contributed by atoms with Crippen LogP contribution in [0.1, 0.15) is 27.3 Å². The van der Waals surface area contributed by atoms with Crippen LogP contribution in [0.5, 0.6) is 0 Å². The number of anilines is 1. The van der Waals surface area contributed by atoms with E-state index >= 15 is 0 Å². The van der Waals surface area contributed by atoms with Gasteiger partial charge in [-0.05, 0) is 39.0 Å². The fourth-order valence-corrected chi connectivity index (χ4v) is 2.97. The van der Waals surface area contributed by atoms with Crippen molar-refractivity contribution in [2.45, 2.75) is 20.8 Å². The highest BCUT2D eigenvalue weighted by atomic mass is 16.6. The molecule has 0 aliphatic rings. The van der Waals surface area contributed by atoms with E-state index in [1.807, 2.05) is 37.3 Å². The van der Waals surface area contributed by atoms with E-state index in [1.165, 1.54) is 12.1 Å². The Kier molecular flexibility index (Phi) is 5.91. The van der Waals surface area contributed by atoms with Crippen LogP contribution < -0.4 is 5.32 Å². The van der Waals surface area contributed by atoms with Gasteiger partial charge in [0.25, 0.3) is 11.6 Å². The third-order valence-corrected chi connectivity index (χ3v) is 4.53. The second-order valence-electron chi connectivity index (χ2n) is 6.68. The number of hydrogen-bond donors (Lipinski definition) is 1. The maximum atomic E-state index is 12.3. The van der Waals surface area contributed by atoms with Gasteiger partial charge in [0.2, 0.25) is 0 Å². The standard InChI is InChI=1S/C21H20N4O5/c1-13-9-10-16(11-18(13)25(28)29)21(27)30-12-19(26)22-20-14(2)23-24(15(20)3)17-7-5-4-6-8-17/h4-11H,12H2,1-3H3,(H,22,26). The van der Waals surface area contributed by atoms with Gasteiger partial charge in [-0.25, -0.2) is 9.48 Å². The quantitative estimate of drug-likeness (QED) is 0.379. The van der Waals surface area contributed by atoms with E-state index in [4.69, 9.17) is 4.74 Å². The summed E-state index contributed by atoms with van der Waals surface area (Å²) in [6, 6.07) is 13.5. The van der Waals surface area contributed by atoms with Gasteiger partial charge in [-0.15, -0.1) is 0 Å². The van der Waals surface area contributed by atoms with Gasteiger partial charge in [0.1, 0.15) is 0 Å². The zero-order valence-corrected chi connectivity index (χ0v) is 16.7. The van der Waals surface area contributed by atoms with Gasteiger partial charge in [-0.1, -0.05) is 24.3 Å². The second kappa shape index (κ2) is 8.56. The Morgan fingerprint density at radius 1 is 1.13 bits per heavy atom. The van der Waals surface area contributed by atoms with Crippen LogP contribution in [-0.2, 0) is 9.53 Å². The number of carbonyl (C=O) groups is 2. The maximum Gasteiger partial charge on any atom is 0.338 e. The number of nitrogens with one attached hydrogen (secondary N) is 1. The lowest BCUT2D eigenvalue weighted by atomic mass is 10.1. The highest BCUT2D eigenvalue weighted by Crippen LogP contribution is 2.23. The molecule has 0 saturated heterocycles. The highest BCUT2D eigenvalue weighted by Gasteiger charge is 2.19. The molecule has 0 saturated carbocycles. The molecule has 0 fully saturated rings. The molecule has 9 heteroatoms. The minimum atomic E-state index is -0.818. The molecule has 1 heterocycles. The number of hydrogen-bond acceptors (Lipinski definition) is 6. The van der Waals surface area contributed by atoms with Gasteiger partial charge >= 0.3 is 5.97 Å². The number of aryl methyl sites for hydroxylation is 2. The first-order valence-electron chi connectivity index (χ1n) is 9.11. The molecule has 0 unspecified atom stereocenters. The number of nitrogens with zero attached hydrogens (tertiary/aromatic N) is 3. The first-order valence-corrected chi connectivity index (χ1v) is 9.11. The summed E-state index contributed by atoms with van der Waals surface area (Å²) in [6.45, 7) is 4.62. The van der Waals surface area contributed by atoms with Crippen LogP contribution in [0.3, 0.4) is 0 Å². The Labute approximate surface area is 172 Å². The number of para-hydroxylation sites is 1. The molecule has 9 nitrogen and oxygen atoms in total. The summed E-state index contributed by atoms with van der Waals surface area (Å²) in [5, 5.41) is 18.2. The lowest BCUT2D eigenvalue weighted by Gasteiger charge is -2.08. The fraction of sp³-hybridized carbons (Fsp3) is 0.190. The Bertz CT molecular complexity index is 1120. The monoisotopic (exact) mass is 408 g/mol. The molecule has 1 aromatic heterocycles. The third-order valence-electron chi connectivity index (χ3n) is 4.53. The zero-order valence-electron chi connectivity index (χ0n) is 16.7. The number of benzene rings is 2. The molecule has 0 bridgehead atoms. The summed E-state index contributed by atoms with van der Waals surface area (Å²) in [4.78, 5) is 34.9. The first kappa shape index (κ1) is 20.7. The average Bonchev–Trinajstić information content (AvgIpc) is 3.01. The largest absolute Gasteiger partial charge is 0.452 e. The van der Waals surface area contributed by atoms with E-state index in [0.29, 0.717) is 16.9 Å². The number of rotatable bonds is 6.